The summed E-state index contributed by atoms with van der Waals surface area (Å²) < 4.78 is 0. The van der Waals surface area contributed by atoms with E-state index in [0.717, 1.165) is 6.54 Å². The van der Waals surface area contributed by atoms with Crippen molar-refractivity contribution in [2.24, 2.45) is 5.41 Å². The SMILES string of the molecule is CC1(CCNc2ccncc2)CC1. The molecule has 2 nitrogen and oxygen atoms in total. The molecule has 0 unspecified atom stereocenters. The first kappa shape index (κ1) is 8.54. The Bertz CT molecular complexity index is 265. The Morgan fingerprint density at radius 2 is 2.08 bits per heavy atom. The summed E-state index contributed by atoms with van der Waals surface area (Å²) in [6, 6.07) is 4.02. The van der Waals surface area contributed by atoms with Crippen molar-refractivity contribution in [2.75, 3.05) is 11.9 Å². The molecule has 13 heavy (non-hydrogen) atoms. The van der Waals surface area contributed by atoms with Crippen molar-refractivity contribution in [2.45, 2.75) is 26.2 Å². The number of pyridine rings is 1. The van der Waals surface area contributed by atoms with Gasteiger partial charge < -0.3 is 5.32 Å². The summed E-state index contributed by atoms with van der Waals surface area (Å²) in [4.78, 5) is 3.97. The number of anilines is 1. The van der Waals surface area contributed by atoms with Gasteiger partial charge in [-0.25, -0.2) is 0 Å². The number of hydrogen-bond acceptors (Lipinski definition) is 2. The molecule has 1 aromatic rings. The average Bonchev–Trinajstić information content (AvgIpc) is 2.86. The Labute approximate surface area is 79.4 Å². The maximum Gasteiger partial charge on any atom is 0.0371 e. The Morgan fingerprint density at radius 1 is 1.38 bits per heavy atom. The molecule has 1 aliphatic carbocycles. The van der Waals surface area contributed by atoms with Crippen LogP contribution >= 0.6 is 0 Å². The Morgan fingerprint density at radius 3 is 2.69 bits per heavy atom. The van der Waals surface area contributed by atoms with Gasteiger partial charge in [0.15, 0.2) is 0 Å². The van der Waals surface area contributed by atoms with E-state index in [2.05, 4.69) is 17.2 Å². The second-order valence-electron chi connectivity index (χ2n) is 4.22. The van der Waals surface area contributed by atoms with Gasteiger partial charge in [0.05, 0.1) is 0 Å². The number of nitrogens with zero attached hydrogens (tertiary/aromatic N) is 1. The largest absolute Gasteiger partial charge is 0.385 e. The first-order valence-electron chi connectivity index (χ1n) is 4.92. The van der Waals surface area contributed by atoms with Crippen LogP contribution in [-0.2, 0) is 0 Å². The lowest BCUT2D eigenvalue weighted by Gasteiger charge is -2.09. The van der Waals surface area contributed by atoms with Gasteiger partial charge in [0.25, 0.3) is 0 Å². The Kier molecular flexibility index (Phi) is 2.21. The molecule has 0 aliphatic heterocycles. The van der Waals surface area contributed by atoms with E-state index >= 15 is 0 Å². The van der Waals surface area contributed by atoms with Crippen LogP contribution in [0.3, 0.4) is 0 Å². The molecule has 1 saturated carbocycles. The molecule has 0 saturated heterocycles. The molecule has 0 radical (unpaired) electrons. The highest BCUT2D eigenvalue weighted by Gasteiger charge is 2.36. The number of rotatable bonds is 4. The van der Waals surface area contributed by atoms with Crippen LogP contribution in [0.5, 0.6) is 0 Å². The van der Waals surface area contributed by atoms with Crippen LogP contribution in [0.15, 0.2) is 24.5 Å². The fraction of sp³-hybridized carbons (Fsp3) is 0.545. The van der Waals surface area contributed by atoms with Crippen LogP contribution in [0, 0.1) is 5.41 Å². The zero-order chi connectivity index (χ0) is 9.15. The standard InChI is InChI=1S/C11H16N2/c1-11(4-5-11)6-9-13-10-2-7-12-8-3-10/h2-3,7-8H,4-6,9H2,1H3,(H,12,13). The van der Waals surface area contributed by atoms with Crippen molar-refractivity contribution in [1.29, 1.82) is 0 Å². The van der Waals surface area contributed by atoms with E-state index in [-0.39, 0.29) is 0 Å². The van der Waals surface area contributed by atoms with Gasteiger partial charge in [-0.2, -0.15) is 0 Å². The molecular weight excluding hydrogens is 160 g/mol. The first-order chi connectivity index (χ1) is 6.29. The highest BCUT2D eigenvalue weighted by atomic mass is 14.9. The van der Waals surface area contributed by atoms with Crippen LogP contribution in [0.4, 0.5) is 5.69 Å². The highest BCUT2D eigenvalue weighted by Crippen LogP contribution is 2.47. The number of aromatic nitrogens is 1. The lowest BCUT2D eigenvalue weighted by atomic mass is 10.1. The first-order valence-corrected chi connectivity index (χ1v) is 4.92. The van der Waals surface area contributed by atoms with Crippen LogP contribution in [-0.4, -0.2) is 11.5 Å². The van der Waals surface area contributed by atoms with Gasteiger partial charge in [0.2, 0.25) is 0 Å². The van der Waals surface area contributed by atoms with Gasteiger partial charge in [-0.1, -0.05) is 6.92 Å². The molecule has 1 aromatic heterocycles. The van der Waals surface area contributed by atoms with Gasteiger partial charge in [0.1, 0.15) is 0 Å². The van der Waals surface area contributed by atoms with Crippen LogP contribution in [0.25, 0.3) is 0 Å². The van der Waals surface area contributed by atoms with Gasteiger partial charge in [-0.05, 0) is 36.8 Å². The Balaban J connectivity index is 1.74. The van der Waals surface area contributed by atoms with E-state index in [4.69, 9.17) is 0 Å². The summed E-state index contributed by atoms with van der Waals surface area (Å²) in [5, 5.41) is 3.40. The van der Waals surface area contributed by atoms with Crippen molar-refractivity contribution in [3.63, 3.8) is 0 Å². The molecule has 0 bridgehead atoms. The van der Waals surface area contributed by atoms with Gasteiger partial charge >= 0.3 is 0 Å². The molecule has 2 heteroatoms. The van der Waals surface area contributed by atoms with Crippen LogP contribution < -0.4 is 5.32 Å². The monoisotopic (exact) mass is 176 g/mol. The van der Waals surface area contributed by atoms with E-state index in [1.807, 2.05) is 24.5 Å². The quantitative estimate of drug-likeness (QED) is 0.763. The molecule has 0 amide bonds. The summed E-state index contributed by atoms with van der Waals surface area (Å²) in [5.41, 5.74) is 1.83. The van der Waals surface area contributed by atoms with Gasteiger partial charge in [-0.15, -0.1) is 0 Å². The predicted octanol–water partition coefficient (Wildman–Crippen LogP) is 2.68. The summed E-state index contributed by atoms with van der Waals surface area (Å²) in [7, 11) is 0. The van der Waals surface area contributed by atoms with Crippen LogP contribution in [0.1, 0.15) is 26.2 Å². The molecular formula is C11H16N2. The predicted molar refractivity (Wildman–Crippen MR) is 54.7 cm³/mol. The number of hydrogen-bond donors (Lipinski definition) is 1. The lowest BCUT2D eigenvalue weighted by Crippen LogP contribution is -2.06. The van der Waals surface area contributed by atoms with E-state index in [1.165, 1.54) is 24.9 Å². The summed E-state index contributed by atoms with van der Waals surface area (Å²) in [5.74, 6) is 0. The summed E-state index contributed by atoms with van der Waals surface area (Å²) >= 11 is 0. The van der Waals surface area contributed by atoms with Crippen molar-refractivity contribution in [3.05, 3.63) is 24.5 Å². The van der Waals surface area contributed by atoms with Crippen molar-refractivity contribution < 1.29 is 0 Å². The smallest absolute Gasteiger partial charge is 0.0371 e. The maximum atomic E-state index is 3.97. The van der Waals surface area contributed by atoms with Crippen molar-refractivity contribution in [3.8, 4) is 0 Å². The second-order valence-corrected chi connectivity index (χ2v) is 4.22. The molecule has 1 N–H and O–H groups in total. The molecule has 0 atom stereocenters. The molecule has 1 fully saturated rings. The molecule has 1 heterocycles. The zero-order valence-corrected chi connectivity index (χ0v) is 8.09. The molecule has 70 valence electrons. The number of nitrogens with one attached hydrogen (secondary N) is 1. The van der Waals surface area contributed by atoms with E-state index in [0.29, 0.717) is 5.41 Å². The molecule has 0 spiro atoms. The molecule has 1 aliphatic rings. The minimum Gasteiger partial charge on any atom is -0.385 e. The van der Waals surface area contributed by atoms with Gasteiger partial charge in [0, 0.05) is 24.6 Å². The third-order valence-electron chi connectivity index (χ3n) is 2.84. The fourth-order valence-corrected chi connectivity index (χ4v) is 1.44. The summed E-state index contributed by atoms with van der Waals surface area (Å²) in [6.07, 6.45) is 7.74. The average molecular weight is 176 g/mol. The minimum absolute atomic E-state index is 0.653. The Hall–Kier alpha value is -1.05. The second kappa shape index (κ2) is 3.36. The molecule has 0 aromatic carbocycles. The lowest BCUT2D eigenvalue weighted by molar-refractivity contribution is 0.536. The van der Waals surface area contributed by atoms with Crippen molar-refractivity contribution in [1.82, 2.24) is 4.98 Å². The maximum absolute atomic E-state index is 3.97. The van der Waals surface area contributed by atoms with Crippen LogP contribution in [0.2, 0.25) is 0 Å². The van der Waals surface area contributed by atoms with Gasteiger partial charge in [-0.3, -0.25) is 4.98 Å². The van der Waals surface area contributed by atoms with E-state index in [1.54, 1.807) is 0 Å². The summed E-state index contributed by atoms with van der Waals surface area (Å²) in [6.45, 7) is 3.45. The third-order valence-corrected chi connectivity index (χ3v) is 2.84. The topological polar surface area (TPSA) is 24.9 Å². The van der Waals surface area contributed by atoms with Crippen molar-refractivity contribution >= 4 is 5.69 Å². The van der Waals surface area contributed by atoms with E-state index in [9.17, 15) is 0 Å². The third kappa shape index (κ3) is 2.44. The normalized spacial score (nSPS) is 18.2. The minimum atomic E-state index is 0.653. The van der Waals surface area contributed by atoms with E-state index < -0.39 is 0 Å². The highest BCUT2D eigenvalue weighted by molar-refractivity contribution is 5.40. The zero-order valence-electron chi connectivity index (χ0n) is 8.09. The fourth-order valence-electron chi connectivity index (χ4n) is 1.44. The molecule has 2 rings (SSSR count).